The number of nitrogens with one attached hydrogen (secondary N) is 2. The van der Waals surface area contributed by atoms with E-state index in [9.17, 15) is 29.3 Å². The van der Waals surface area contributed by atoms with Gasteiger partial charge in [-0.25, -0.2) is 9.69 Å². The number of rotatable bonds is 8. The Balaban J connectivity index is 1.53. The Morgan fingerprint density at radius 3 is 2.52 bits per heavy atom. The predicted molar refractivity (Wildman–Crippen MR) is 145 cm³/mol. The second-order valence-electron chi connectivity index (χ2n) is 8.73. The highest BCUT2D eigenvalue weighted by Crippen LogP contribution is 2.30. The van der Waals surface area contributed by atoms with E-state index in [2.05, 4.69) is 10.6 Å². The molecule has 2 N–H and O–H groups in total. The number of amides is 5. The Bertz CT molecular complexity index is 1580. The minimum absolute atomic E-state index is 0.0736. The molecule has 4 rings (SSSR count). The third-order valence-corrected chi connectivity index (χ3v) is 6.14. The van der Waals surface area contributed by atoms with E-state index in [1.54, 1.807) is 6.07 Å². The fraction of sp³-hybridized carbons (Fsp3) is 0.143. The van der Waals surface area contributed by atoms with Crippen molar-refractivity contribution in [3.8, 4) is 11.5 Å². The summed E-state index contributed by atoms with van der Waals surface area (Å²) < 4.78 is 11.0. The van der Waals surface area contributed by atoms with Gasteiger partial charge in [-0.05, 0) is 60.9 Å². The number of ether oxygens (including phenoxy) is 2. The normalized spacial score (nSPS) is 14.1. The average molecular weight is 545 g/mol. The third-order valence-electron chi connectivity index (χ3n) is 6.14. The van der Waals surface area contributed by atoms with Crippen molar-refractivity contribution >= 4 is 46.9 Å². The quantitative estimate of drug-likeness (QED) is 0.187. The molecule has 204 valence electrons. The summed E-state index contributed by atoms with van der Waals surface area (Å²) in [5.74, 6) is -1.80. The summed E-state index contributed by atoms with van der Waals surface area (Å²) >= 11 is 0. The van der Waals surface area contributed by atoms with Gasteiger partial charge in [-0.1, -0.05) is 24.3 Å². The Labute approximate surface area is 228 Å². The first kappa shape index (κ1) is 27.5. The van der Waals surface area contributed by atoms with Gasteiger partial charge in [0.05, 0.1) is 17.7 Å². The topological polar surface area (TPSA) is 157 Å². The van der Waals surface area contributed by atoms with Crippen LogP contribution >= 0.6 is 0 Å². The molecular weight excluding hydrogens is 520 g/mol. The van der Waals surface area contributed by atoms with Gasteiger partial charge < -0.3 is 14.8 Å². The van der Waals surface area contributed by atoms with E-state index in [4.69, 9.17) is 9.47 Å². The van der Waals surface area contributed by atoms with E-state index in [0.29, 0.717) is 16.2 Å². The summed E-state index contributed by atoms with van der Waals surface area (Å²) in [6.45, 7) is 3.54. The van der Waals surface area contributed by atoms with Gasteiger partial charge in [0.15, 0.2) is 18.1 Å². The zero-order valence-electron chi connectivity index (χ0n) is 21.7. The van der Waals surface area contributed by atoms with Crippen LogP contribution in [0.5, 0.6) is 11.5 Å². The summed E-state index contributed by atoms with van der Waals surface area (Å²) in [6.07, 6.45) is 1.24. The molecule has 0 saturated carbocycles. The van der Waals surface area contributed by atoms with Crippen LogP contribution in [0.1, 0.15) is 16.7 Å². The minimum atomic E-state index is -1.03. The van der Waals surface area contributed by atoms with Crippen LogP contribution in [0.2, 0.25) is 0 Å². The lowest BCUT2D eigenvalue weighted by atomic mass is 10.1. The molecule has 1 aliphatic heterocycles. The number of carbonyl (C=O) groups is 4. The van der Waals surface area contributed by atoms with Crippen molar-refractivity contribution in [1.82, 2.24) is 5.32 Å². The number of hydrogen-bond acceptors (Lipinski definition) is 8. The zero-order valence-corrected chi connectivity index (χ0v) is 21.7. The highest BCUT2D eigenvalue weighted by molar-refractivity contribution is 6.39. The first-order valence-electron chi connectivity index (χ1n) is 11.9. The lowest BCUT2D eigenvalue weighted by Crippen LogP contribution is -2.54. The third kappa shape index (κ3) is 5.80. The van der Waals surface area contributed by atoms with Crippen molar-refractivity contribution in [2.75, 3.05) is 23.9 Å². The van der Waals surface area contributed by atoms with Gasteiger partial charge in [0.1, 0.15) is 5.57 Å². The Morgan fingerprint density at radius 1 is 1.05 bits per heavy atom. The van der Waals surface area contributed by atoms with Crippen molar-refractivity contribution in [1.29, 1.82) is 0 Å². The first-order chi connectivity index (χ1) is 19.1. The first-order valence-corrected chi connectivity index (χ1v) is 11.9. The second kappa shape index (κ2) is 11.5. The van der Waals surface area contributed by atoms with Gasteiger partial charge in [0, 0.05) is 17.8 Å². The van der Waals surface area contributed by atoms with Crippen LogP contribution in [0.4, 0.5) is 21.9 Å². The Morgan fingerprint density at radius 2 is 1.80 bits per heavy atom. The summed E-state index contributed by atoms with van der Waals surface area (Å²) in [4.78, 5) is 61.6. The lowest BCUT2D eigenvalue weighted by Gasteiger charge is -2.26. The number of urea groups is 1. The van der Waals surface area contributed by atoms with Gasteiger partial charge in [-0.2, -0.15) is 0 Å². The molecule has 1 saturated heterocycles. The fourth-order valence-corrected chi connectivity index (χ4v) is 3.91. The number of benzene rings is 3. The molecule has 0 unspecified atom stereocenters. The number of aryl methyl sites for hydroxylation is 1. The van der Waals surface area contributed by atoms with Crippen LogP contribution < -0.4 is 25.0 Å². The maximum absolute atomic E-state index is 13.1. The molecule has 0 radical (unpaired) electrons. The summed E-state index contributed by atoms with van der Waals surface area (Å²) in [5.41, 5.74) is 2.23. The number of imide groups is 2. The van der Waals surface area contributed by atoms with Gasteiger partial charge in [0.2, 0.25) is 0 Å². The molecule has 0 bridgehead atoms. The van der Waals surface area contributed by atoms with Crippen molar-refractivity contribution in [2.24, 2.45) is 0 Å². The molecule has 0 spiro atoms. The lowest BCUT2D eigenvalue weighted by molar-refractivity contribution is -0.384. The van der Waals surface area contributed by atoms with Gasteiger partial charge >= 0.3 is 6.03 Å². The van der Waals surface area contributed by atoms with E-state index in [1.165, 1.54) is 49.6 Å². The van der Waals surface area contributed by atoms with Crippen LogP contribution in [0.3, 0.4) is 0 Å². The summed E-state index contributed by atoms with van der Waals surface area (Å²) in [7, 11) is 1.39. The molecule has 40 heavy (non-hydrogen) atoms. The predicted octanol–water partition coefficient (Wildman–Crippen LogP) is 3.90. The van der Waals surface area contributed by atoms with E-state index in [1.807, 2.05) is 26.0 Å². The molecule has 0 atom stereocenters. The number of methoxy groups -OCH3 is 1. The summed E-state index contributed by atoms with van der Waals surface area (Å²) in [5, 5.41) is 16.0. The standard InChI is InChI=1S/C28H24N4O8/c1-16-6-4-9-22(17(16)2)29-25(33)15-40-23-11-10-18(13-24(23)39-3)12-21-26(34)30-28(36)31(27(21)35)19-7-5-8-20(14-19)32(37)38/h4-14H,15H2,1-3H3,(H,29,33)(H,30,34,36)/b21-12-. The molecular formula is C28H24N4O8. The van der Waals surface area contributed by atoms with E-state index < -0.39 is 22.8 Å². The van der Waals surface area contributed by atoms with Crippen LogP contribution in [-0.4, -0.2) is 42.4 Å². The Hall–Kier alpha value is -5.52. The molecule has 3 aromatic carbocycles. The number of non-ortho nitro benzene ring substituents is 1. The monoisotopic (exact) mass is 544 g/mol. The van der Waals surface area contributed by atoms with Crippen LogP contribution in [0, 0.1) is 24.0 Å². The molecule has 1 heterocycles. The second-order valence-corrected chi connectivity index (χ2v) is 8.73. The van der Waals surface area contributed by atoms with Crippen molar-refractivity contribution in [3.05, 3.63) is 93.0 Å². The van der Waals surface area contributed by atoms with Gasteiger partial charge in [0.25, 0.3) is 23.4 Å². The van der Waals surface area contributed by atoms with Crippen molar-refractivity contribution in [3.63, 3.8) is 0 Å². The van der Waals surface area contributed by atoms with Gasteiger partial charge in [-0.3, -0.25) is 29.8 Å². The van der Waals surface area contributed by atoms with Crippen LogP contribution in [0.15, 0.2) is 66.2 Å². The van der Waals surface area contributed by atoms with E-state index >= 15 is 0 Å². The smallest absolute Gasteiger partial charge is 0.335 e. The molecule has 3 aromatic rings. The largest absolute Gasteiger partial charge is 0.493 e. The highest BCUT2D eigenvalue weighted by atomic mass is 16.6. The van der Waals surface area contributed by atoms with Crippen molar-refractivity contribution < 1.29 is 33.6 Å². The van der Waals surface area contributed by atoms with Crippen LogP contribution in [0.25, 0.3) is 6.08 Å². The highest BCUT2D eigenvalue weighted by Gasteiger charge is 2.37. The maximum Gasteiger partial charge on any atom is 0.335 e. The fourth-order valence-electron chi connectivity index (χ4n) is 3.91. The number of barbiturate groups is 1. The Kier molecular flexibility index (Phi) is 7.89. The van der Waals surface area contributed by atoms with Crippen molar-refractivity contribution in [2.45, 2.75) is 13.8 Å². The molecule has 1 aliphatic rings. The number of carbonyl (C=O) groups excluding carboxylic acids is 4. The number of anilines is 2. The number of nitro groups is 1. The minimum Gasteiger partial charge on any atom is -0.493 e. The maximum atomic E-state index is 13.1. The summed E-state index contributed by atoms with van der Waals surface area (Å²) in [6, 6.07) is 14.0. The van der Waals surface area contributed by atoms with Crippen LogP contribution in [-0.2, 0) is 14.4 Å². The number of nitrogens with zero attached hydrogens (tertiary/aromatic N) is 2. The molecule has 1 fully saturated rings. The molecule has 0 aliphatic carbocycles. The van der Waals surface area contributed by atoms with Gasteiger partial charge in [-0.15, -0.1) is 0 Å². The average Bonchev–Trinajstić information content (AvgIpc) is 2.92. The van der Waals surface area contributed by atoms with E-state index in [-0.39, 0.29) is 41.0 Å². The molecule has 0 aromatic heterocycles. The molecule has 12 nitrogen and oxygen atoms in total. The number of hydrogen-bond donors (Lipinski definition) is 2. The number of nitro benzene ring substituents is 1. The SMILES string of the molecule is COc1cc(/C=C2/C(=O)NC(=O)N(c3cccc([N+](=O)[O-])c3)C2=O)ccc1OCC(=O)Nc1cccc(C)c1C. The zero-order chi connectivity index (χ0) is 29.0. The molecule has 5 amide bonds. The van der Waals surface area contributed by atoms with E-state index in [0.717, 1.165) is 17.2 Å². The molecule has 12 heteroatoms.